The van der Waals surface area contributed by atoms with Gasteiger partial charge in [0, 0.05) is 43.0 Å². The maximum absolute atomic E-state index is 12.8. The molecule has 0 bridgehead atoms. The molecule has 35 heavy (non-hydrogen) atoms. The molecule has 0 spiro atoms. The fourth-order valence-electron chi connectivity index (χ4n) is 4.38. The summed E-state index contributed by atoms with van der Waals surface area (Å²) >= 11 is 0. The predicted octanol–water partition coefficient (Wildman–Crippen LogP) is 4.36. The molecule has 3 heterocycles. The molecule has 0 amide bonds. The topological polar surface area (TPSA) is 63.3 Å². The van der Waals surface area contributed by atoms with Crippen molar-refractivity contribution in [2.75, 3.05) is 19.6 Å². The van der Waals surface area contributed by atoms with Crippen LogP contribution in [0.25, 0.3) is 27.7 Å². The second-order valence-electron chi connectivity index (χ2n) is 8.55. The molecule has 10 heteroatoms. The molecule has 4 aromatic rings. The normalized spacial score (nSPS) is 16.5. The van der Waals surface area contributed by atoms with Crippen molar-refractivity contribution in [3.05, 3.63) is 82.9 Å². The summed E-state index contributed by atoms with van der Waals surface area (Å²) in [5, 5.41) is 15.1. The van der Waals surface area contributed by atoms with Gasteiger partial charge in [-0.2, -0.15) is 18.3 Å². The van der Waals surface area contributed by atoms with Crippen molar-refractivity contribution in [2.24, 2.45) is 0 Å². The molecule has 5 rings (SSSR count). The van der Waals surface area contributed by atoms with Gasteiger partial charge in [0.2, 0.25) is 0 Å². The molecule has 6 nitrogen and oxygen atoms in total. The third kappa shape index (κ3) is 5.27. The lowest BCUT2D eigenvalue weighted by atomic mass is 10.0. The number of β-amino-alcohol motifs (C(OH)–C–C–N with tert-alkyl or cyclic N) is 1. The van der Waals surface area contributed by atoms with Gasteiger partial charge >= 0.3 is 6.18 Å². The van der Waals surface area contributed by atoms with E-state index in [0.29, 0.717) is 29.9 Å². The Labute approximate surface area is 205 Å². The van der Waals surface area contributed by atoms with Crippen LogP contribution in [0.5, 0.6) is 0 Å². The molecule has 1 N–H and O–H groups in total. The Hall–Kier alpha value is -3.14. The van der Waals surface area contributed by atoms with Crippen LogP contribution < -0.4 is 5.56 Å². The third-order valence-corrected chi connectivity index (χ3v) is 6.24. The minimum absolute atomic E-state index is 0. The number of benzene rings is 2. The predicted molar refractivity (Wildman–Crippen MR) is 130 cm³/mol. The maximum Gasteiger partial charge on any atom is 0.416 e. The first kappa shape index (κ1) is 25.0. The van der Waals surface area contributed by atoms with Gasteiger partial charge < -0.3 is 5.11 Å². The van der Waals surface area contributed by atoms with Crippen molar-refractivity contribution in [2.45, 2.75) is 25.2 Å². The van der Waals surface area contributed by atoms with Gasteiger partial charge in [0.15, 0.2) is 0 Å². The van der Waals surface area contributed by atoms with Crippen LogP contribution in [0, 0.1) is 0 Å². The number of rotatable bonds is 5. The van der Waals surface area contributed by atoms with Gasteiger partial charge in [-0.1, -0.05) is 12.1 Å². The molecule has 2 aromatic heterocycles. The number of pyridine rings is 1. The van der Waals surface area contributed by atoms with Gasteiger partial charge in [0.05, 0.1) is 29.9 Å². The summed E-state index contributed by atoms with van der Waals surface area (Å²) in [5.41, 5.74) is 1.72. The first-order chi connectivity index (χ1) is 16.3. The Morgan fingerprint density at radius 2 is 1.77 bits per heavy atom. The van der Waals surface area contributed by atoms with Gasteiger partial charge in [0.25, 0.3) is 5.56 Å². The highest BCUT2D eigenvalue weighted by molar-refractivity contribution is 5.85. The quantitative estimate of drug-likeness (QED) is 0.438. The zero-order chi connectivity index (χ0) is 23.9. The molecule has 1 unspecified atom stereocenters. The van der Waals surface area contributed by atoms with Crippen LogP contribution in [0.2, 0.25) is 0 Å². The lowest BCUT2D eigenvalue weighted by Gasteiger charge is -2.15. The van der Waals surface area contributed by atoms with E-state index >= 15 is 0 Å². The van der Waals surface area contributed by atoms with Crippen molar-refractivity contribution in [3.8, 4) is 16.8 Å². The van der Waals surface area contributed by atoms with Crippen LogP contribution in [0.15, 0.2) is 71.8 Å². The average Bonchev–Trinajstić information content (AvgIpc) is 3.42. The zero-order valence-corrected chi connectivity index (χ0v) is 19.5. The number of alkyl halides is 3. The summed E-state index contributed by atoms with van der Waals surface area (Å²) in [4.78, 5) is 15.0. The number of fused-ring (bicyclic) bond motifs is 1. The van der Waals surface area contributed by atoms with Crippen molar-refractivity contribution in [1.29, 1.82) is 0 Å². The number of hydrogen-bond acceptors (Lipinski definition) is 4. The van der Waals surface area contributed by atoms with E-state index in [9.17, 15) is 23.1 Å². The molecule has 0 radical (unpaired) electrons. The van der Waals surface area contributed by atoms with Crippen LogP contribution in [0.3, 0.4) is 0 Å². The number of hydrogen-bond donors (Lipinski definition) is 1. The molecule has 2 aromatic carbocycles. The first-order valence-electron chi connectivity index (χ1n) is 11.0. The summed E-state index contributed by atoms with van der Waals surface area (Å²) < 4.78 is 41.8. The van der Waals surface area contributed by atoms with E-state index in [0.717, 1.165) is 42.5 Å². The molecule has 1 aliphatic heterocycles. The van der Waals surface area contributed by atoms with Gasteiger partial charge in [-0.05, 0) is 53.9 Å². The Balaban J connectivity index is 0.00000289. The Bertz CT molecular complexity index is 1380. The highest BCUT2D eigenvalue weighted by Crippen LogP contribution is 2.30. The number of likely N-dealkylation sites (tertiary alicyclic amines) is 1. The van der Waals surface area contributed by atoms with Crippen LogP contribution in [0.4, 0.5) is 13.2 Å². The van der Waals surface area contributed by atoms with E-state index in [2.05, 4.69) is 10.00 Å². The Morgan fingerprint density at radius 1 is 1.00 bits per heavy atom. The molecule has 0 aliphatic carbocycles. The largest absolute Gasteiger partial charge is 0.416 e. The second kappa shape index (κ2) is 9.85. The highest BCUT2D eigenvalue weighted by atomic mass is 35.5. The first-order valence-corrected chi connectivity index (χ1v) is 11.0. The summed E-state index contributed by atoms with van der Waals surface area (Å²) in [7, 11) is 0. The van der Waals surface area contributed by atoms with Crippen LogP contribution >= 0.6 is 12.4 Å². The van der Waals surface area contributed by atoms with E-state index in [-0.39, 0.29) is 24.1 Å². The fraction of sp³-hybridized carbons (Fsp3) is 0.280. The highest BCUT2D eigenvalue weighted by Gasteiger charge is 2.30. The van der Waals surface area contributed by atoms with Gasteiger partial charge in [-0.15, -0.1) is 12.4 Å². The minimum Gasteiger partial charge on any atom is -0.392 e. The summed E-state index contributed by atoms with van der Waals surface area (Å²) in [6.07, 6.45) is -0.458. The SMILES string of the molecule is Cl.O=c1cc(-c2ccc(C(F)(F)F)cc2)ccn1-c1ccc2c(cnn2CCN2CCC(O)C2)c1. The number of nitrogens with zero attached hydrogens (tertiary/aromatic N) is 4. The number of aliphatic hydroxyl groups excluding tert-OH is 1. The summed E-state index contributed by atoms with van der Waals surface area (Å²) in [6.45, 7) is 3.09. The minimum atomic E-state index is -4.40. The Kier molecular flexibility index (Phi) is 7.02. The molecule has 1 saturated heterocycles. The second-order valence-corrected chi connectivity index (χ2v) is 8.55. The molecule has 1 atom stereocenters. The number of halogens is 4. The fourth-order valence-corrected chi connectivity index (χ4v) is 4.38. The van der Waals surface area contributed by atoms with Gasteiger partial charge in [-0.3, -0.25) is 18.9 Å². The van der Waals surface area contributed by atoms with Crippen LogP contribution in [0.1, 0.15) is 12.0 Å². The van der Waals surface area contributed by atoms with Crippen molar-refractivity contribution in [3.63, 3.8) is 0 Å². The monoisotopic (exact) mass is 504 g/mol. The van der Waals surface area contributed by atoms with Crippen LogP contribution in [-0.2, 0) is 12.7 Å². The zero-order valence-electron chi connectivity index (χ0n) is 18.7. The maximum atomic E-state index is 12.8. The molecule has 1 aliphatic rings. The van der Waals surface area contributed by atoms with Crippen molar-refractivity contribution in [1.82, 2.24) is 19.2 Å². The van der Waals surface area contributed by atoms with Gasteiger partial charge in [0.1, 0.15) is 0 Å². The number of aromatic nitrogens is 3. The van der Waals surface area contributed by atoms with E-state index in [1.807, 2.05) is 22.9 Å². The lowest BCUT2D eigenvalue weighted by Crippen LogP contribution is -2.26. The van der Waals surface area contributed by atoms with Crippen LogP contribution in [-0.4, -0.2) is 50.1 Å². The average molecular weight is 505 g/mol. The van der Waals surface area contributed by atoms with E-state index in [1.54, 1.807) is 18.5 Å². The van der Waals surface area contributed by atoms with E-state index in [4.69, 9.17) is 0 Å². The smallest absolute Gasteiger partial charge is 0.392 e. The van der Waals surface area contributed by atoms with Crippen molar-refractivity contribution >= 4 is 23.3 Å². The summed E-state index contributed by atoms with van der Waals surface area (Å²) in [6, 6.07) is 13.5. The standard InChI is InChI=1S/C25H23F3N4O2.ClH/c26-25(27,28)20-3-1-17(2-4-20)18-7-10-31(24(34)14-18)21-5-6-23-19(13-21)15-29-32(23)12-11-30-9-8-22(33)16-30;/h1-7,10,13-15,22,33H,8-9,11-12,16H2;1H. The van der Waals surface area contributed by atoms with E-state index < -0.39 is 11.7 Å². The van der Waals surface area contributed by atoms with Gasteiger partial charge in [-0.25, -0.2) is 0 Å². The Morgan fingerprint density at radius 3 is 2.43 bits per heavy atom. The van der Waals surface area contributed by atoms with Crippen molar-refractivity contribution < 1.29 is 18.3 Å². The molecular formula is C25H24ClF3N4O2. The summed E-state index contributed by atoms with van der Waals surface area (Å²) in [5.74, 6) is 0. The molecular weight excluding hydrogens is 481 g/mol. The molecule has 184 valence electrons. The third-order valence-electron chi connectivity index (χ3n) is 6.24. The number of aliphatic hydroxyl groups is 1. The molecule has 1 fully saturated rings. The lowest BCUT2D eigenvalue weighted by molar-refractivity contribution is -0.137. The molecule has 0 saturated carbocycles. The van der Waals surface area contributed by atoms with E-state index in [1.165, 1.54) is 22.8 Å².